The van der Waals surface area contributed by atoms with Crippen molar-refractivity contribution in [1.82, 2.24) is 4.90 Å². The van der Waals surface area contributed by atoms with Crippen LogP contribution in [-0.2, 0) is 14.3 Å². The number of nitrogens with two attached hydrogens (primary N) is 1. The molecule has 1 saturated heterocycles. The second-order valence-electron chi connectivity index (χ2n) is 4.71. The van der Waals surface area contributed by atoms with Crippen molar-refractivity contribution in [2.45, 2.75) is 13.3 Å². The number of nitrogens with zero attached hydrogens (tertiary/aromatic N) is 1. The van der Waals surface area contributed by atoms with Crippen molar-refractivity contribution in [2.75, 3.05) is 32.8 Å². The predicted molar refractivity (Wildman–Crippen MR) is 62.9 cm³/mol. The van der Waals surface area contributed by atoms with Gasteiger partial charge in [-0.3, -0.25) is 4.79 Å². The van der Waals surface area contributed by atoms with Crippen LogP contribution in [0.15, 0.2) is 12.0 Å². The van der Waals surface area contributed by atoms with Gasteiger partial charge in [0, 0.05) is 13.1 Å². The Kier molecular flexibility index (Phi) is 3.89. The van der Waals surface area contributed by atoms with E-state index < -0.39 is 0 Å². The van der Waals surface area contributed by atoms with Crippen LogP contribution in [0.5, 0.6) is 0 Å². The van der Waals surface area contributed by atoms with Gasteiger partial charge in [0.05, 0.1) is 0 Å². The lowest BCUT2D eigenvalue weighted by Gasteiger charge is -2.36. The van der Waals surface area contributed by atoms with Crippen molar-refractivity contribution >= 4 is 5.91 Å². The van der Waals surface area contributed by atoms with Gasteiger partial charge in [0.2, 0.25) is 5.76 Å². The molecule has 0 aromatic heterocycles. The molecule has 0 aromatic rings. The highest BCUT2D eigenvalue weighted by Gasteiger charge is 2.30. The number of carbonyl (C=O) groups excluding carboxylic acids is 1. The molecule has 2 aliphatic heterocycles. The SMILES string of the molecule is CC1CCN(C(=O)C2=COCCO2)CC1CN. The number of rotatable bonds is 2. The van der Waals surface area contributed by atoms with Crippen molar-refractivity contribution in [2.24, 2.45) is 17.6 Å². The van der Waals surface area contributed by atoms with Crippen LogP contribution in [0.2, 0.25) is 0 Å². The zero-order chi connectivity index (χ0) is 12.3. The molecule has 2 N–H and O–H groups in total. The summed E-state index contributed by atoms with van der Waals surface area (Å²) in [6.07, 6.45) is 2.42. The number of piperidine rings is 1. The second kappa shape index (κ2) is 5.40. The van der Waals surface area contributed by atoms with Gasteiger partial charge in [-0.05, 0) is 24.8 Å². The molecular formula is C12H20N2O3. The highest BCUT2D eigenvalue weighted by atomic mass is 16.6. The largest absolute Gasteiger partial charge is 0.494 e. The molecule has 0 radical (unpaired) electrons. The average Bonchev–Trinajstić information content (AvgIpc) is 2.39. The van der Waals surface area contributed by atoms with Crippen molar-refractivity contribution in [1.29, 1.82) is 0 Å². The monoisotopic (exact) mass is 240 g/mol. The highest BCUT2D eigenvalue weighted by Crippen LogP contribution is 2.23. The first-order valence-corrected chi connectivity index (χ1v) is 6.16. The molecule has 2 atom stereocenters. The van der Waals surface area contributed by atoms with Crippen LogP contribution >= 0.6 is 0 Å². The van der Waals surface area contributed by atoms with Gasteiger partial charge >= 0.3 is 0 Å². The summed E-state index contributed by atoms with van der Waals surface area (Å²) in [6.45, 7) is 5.27. The minimum atomic E-state index is -0.0740. The number of hydrogen-bond donors (Lipinski definition) is 1. The first-order valence-electron chi connectivity index (χ1n) is 6.16. The van der Waals surface area contributed by atoms with Crippen molar-refractivity contribution in [3.8, 4) is 0 Å². The molecule has 2 heterocycles. The van der Waals surface area contributed by atoms with E-state index in [2.05, 4.69) is 6.92 Å². The average molecular weight is 240 g/mol. The minimum absolute atomic E-state index is 0.0740. The molecule has 5 heteroatoms. The Balaban J connectivity index is 1.98. The molecule has 1 amide bonds. The van der Waals surface area contributed by atoms with E-state index in [-0.39, 0.29) is 5.91 Å². The summed E-state index contributed by atoms with van der Waals surface area (Å²) in [4.78, 5) is 14.0. The van der Waals surface area contributed by atoms with E-state index in [0.29, 0.717) is 37.4 Å². The number of ether oxygens (including phenoxy) is 2. The fourth-order valence-electron chi connectivity index (χ4n) is 2.28. The van der Waals surface area contributed by atoms with E-state index >= 15 is 0 Å². The zero-order valence-corrected chi connectivity index (χ0v) is 10.2. The minimum Gasteiger partial charge on any atom is -0.494 e. The highest BCUT2D eigenvalue weighted by molar-refractivity contribution is 5.91. The van der Waals surface area contributed by atoms with Crippen LogP contribution in [0, 0.1) is 11.8 Å². The van der Waals surface area contributed by atoms with Gasteiger partial charge in [0.25, 0.3) is 5.91 Å². The molecule has 0 saturated carbocycles. The summed E-state index contributed by atoms with van der Waals surface area (Å²) in [7, 11) is 0. The second-order valence-corrected chi connectivity index (χ2v) is 4.71. The van der Waals surface area contributed by atoms with Gasteiger partial charge in [-0.15, -0.1) is 0 Å². The lowest BCUT2D eigenvalue weighted by atomic mass is 9.87. The van der Waals surface area contributed by atoms with Crippen LogP contribution in [0.1, 0.15) is 13.3 Å². The third-order valence-electron chi connectivity index (χ3n) is 3.56. The zero-order valence-electron chi connectivity index (χ0n) is 10.2. The Hall–Kier alpha value is -1.23. The molecular weight excluding hydrogens is 220 g/mol. The third-order valence-corrected chi connectivity index (χ3v) is 3.56. The van der Waals surface area contributed by atoms with Gasteiger partial charge in [0.15, 0.2) is 0 Å². The van der Waals surface area contributed by atoms with E-state index in [1.807, 2.05) is 4.90 Å². The molecule has 2 unspecified atom stereocenters. The normalized spacial score (nSPS) is 29.1. The fraction of sp³-hybridized carbons (Fsp3) is 0.750. The Morgan fingerprint density at radius 1 is 1.59 bits per heavy atom. The molecule has 2 aliphatic rings. The summed E-state index contributed by atoms with van der Waals surface area (Å²) < 4.78 is 10.4. The van der Waals surface area contributed by atoms with Crippen molar-refractivity contribution in [3.63, 3.8) is 0 Å². The Labute approximate surface area is 102 Å². The molecule has 0 spiro atoms. The number of amides is 1. The molecule has 17 heavy (non-hydrogen) atoms. The molecule has 2 rings (SSSR count). The maximum absolute atomic E-state index is 12.1. The lowest BCUT2D eigenvalue weighted by Crippen LogP contribution is -2.46. The molecule has 0 aliphatic carbocycles. The van der Waals surface area contributed by atoms with Crippen LogP contribution in [0.3, 0.4) is 0 Å². The fourth-order valence-corrected chi connectivity index (χ4v) is 2.28. The van der Waals surface area contributed by atoms with Crippen molar-refractivity contribution in [3.05, 3.63) is 12.0 Å². The summed E-state index contributed by atoms with van der Waals surface area (Å²) >= 11 is 0. The summed E-state index contributed by atoms with van der Waals surface area (Å²) in [5, 5.41) is 0. The summed E-state index contributed by atoms with van der Waals surface area (Å²) in [6, 6.07) is 0. The molecule has 5 nitrogen and oxygen atoms in total. The van der Waals surface area contributed by atoms with Gasteiger partial charge in [-0.1, -0.05) is 6.92 Å². The van der Waals surface area contributed by atoms with Gasteiger partial charge < -0.3 is 20.1 Å². The molecule has 1 fully saturated rings. The predicted octanol–water partition coefficient (Wildman–Crippen LogP) is 0.318. The summed E-state index contributed by atoms with van der Waals surface area (Å²) in [5.41, 5.74) is 5.73. The first-order chi connectivity index (χ1) is 8.22. The maximum atomic E-state index is 12.1. The van der Waals surface area contributed by atoms with E-state index in [0.717, 1.165) is 19.5 Å². The van der Waals surface area contributed by atoms with E-state index in [1.165, 1.54) is 6.26 Å². The smallest absolute Gasteiger partial charge is 0.292 e. The van der Waals surface area contributed by atoms with Gasteiger partial charge in [-0.2, -0.15) is 0 Å². The van der Waals surface area contributed by atoms with Gasteiger partial charge in [0.1, 0.15) is 19.5 Å². The number of carbonyl (C=O) groups is 1. The Bertz CT molecular complexity index is 317. The molecule has 0 bridgehead atoms. The third kappa shape index (κ3) is 2.72. The topological polar surface area (TPSA) is 64.8 Å². The Morgan fingerprint density at radius 3 is 3.06 bits per heavy atom. The van der Waals surface area contributed by atoms with Crippen LogP contribution in [0.4, 0.5) is 0 Å². The quantitative estimate of drug-likeness (QED) is 0.755. The Morgan fingerprint density at radius 2 is 2.41 bits per heavy atom. The first kappa shape index (κ1) is 12.2. The van der Waals surface area contributed by atoms with E-state index in [9.17, 15) is 4.79 Å². The standard InChI is InChI=1S/C12H20N2O3/c1-9-2-3-14(7-10(9)6-13)12(15)11-8-16-4-5-17-11/h8-10H,2-7,13H2,1H3. The number of likely N-dealkylation sites (tertiary alicyclic amines) is 1. The van der Waals surface area contributed by atoms with Crippen LogP contribution in [0.25, 0.3) is 0 Å². The van der Waals surface area contributed by atoms with E-state index in [4.69, 9.17) is 15.2 Å². The van der Waals surface area contributed by atoms with Gasteiger partial charge in [-0.25, -0.2) is 0 Å². The van der Waals surface area contributed by atoms with E-state index in [1.54, 1.807) is 0 Å². The lowest BCUT2D eigenvalue weighted by molar-refractivity contribution is -0.134. The molecule has 96 valence electrons. The molecule has 0 aromatic carbocycles. The summed E-state index contributed by atoms with van der Waals surface area (Å²) in [5.74, 6) is 1.22. The van der Waals surface area contributed by atoms with Crippen LogP contribution in [-0.4, -0.2) is 43.7 Å². The maximum Gasteiger partial charge on any atom is 0.292 e. The van der Waals surface area contributed by atoms with Crippen molar-refractivity contribution < 1.29 is 14.3 Å². The number of hydrogen-bond acceptors (Lipinski definition) is 4. The van der Waals surface area contributed by atoms with Crippen LogP contribution < -0.4 is 5.73 Å².